The molecule has 0 spiro atoms. The molecule has 0 heterocycles. The molecule has 2 aromatic rings. The molecule has 0 unspecified atom stereocenters. The molecule has 0 aromatic heterocycles. The quantitative estimate of drug-likeness (QED) is 0.849. The maximum absolute atomic E-state index is 13.5. The Balaban J connectivity index is 2.42. The van der Waals surface area contributed by atoms with E-state index in [1.807, 2.05) is 0 Å². The van der Waals surface area contributed by atoms with Crippen molar-refractivity contribution in [1.29, 1.82) is 0 Å². The van der Waals surface area contributed by atoms with E-state index in [0.717, 1.165) is 0 Å². The SMILES string of the molecule is Cc1cc(F)cc(C(=O)N(CCO)c2ccccc2N)c1. The van der Waals surface area contributed by atoms with Crippen molar-refractivity contribution in [2.45, 2.75) is 6.92 Å². The van der Waals surface area contributed by atoms with E-state index >= 15 is 0 Å². The minimum atomic E-state index is -0.469. The van der Waals surface area contributed by atoms with E-state index in [1.54, 1.807) is 37.3 Å². The zero-order chi connectivity index (χ0) is 15.4. The molecule has 0 atom stereocenters. The average molecular weight is 288 g/mol. The average Bonchev–Trinajstić information content (AvgIpc) is 2.44. The van der Waals surface area contributed by atoms with Crippen LogP contribution in [0.15, 0.2) is 42.5 Å². The van der Waals surface area contributed by atoms with Gasteiger partial charge in [-0.2, -0.15) is 0 Å². The lowest BCUT2D eigenvalue weighted by atomic mass is 10.1. The Kier molecular flexibility index (Phi) is 4.55. The van der Waals surface area contributed by atoms with Crippen LogP contribution in [0, 0.1) is 12.7 Å². The molecule has 3 N–H and O–H groups in total. The van der Waals surface area contributed by atoms with Gasteiger partial charge in [-0.15, -0.1) is 0 Å². The highest BCUT2D eigenvalue weighted by molar-refractivity contribution is 6.07. The summed E-state index contributed by atoms with van der Waals surface area (Å²) in [4.78, 5) is 13.9. The summed E-state index contributed by atoms with van der Waals surface area (Å²) in [6, 6.07) is 11.0. The third-order valence-corrected chi connectivity index (χ3v) is 3.09. The highest BCUT2D eigenvalue weighted by atomic mass is 19.1. The van der Waals surface area contributed by atoms with Gasteiger partial charge in [0.25, 0.3) is 5.91 Å². The van der Waals surface area contributed by atoms with Crippen molar-refractivity contribution in [3.8, 4) is 0 Å². The lowest BCUT2D eigenvalue weighted by Crippen LogP contribution is -2.34. The van der Waals surface area contributed by atoms with E-state index in [4.69, 9.17) is 5.73 Å². The van der Waals surface area contributed by atoms with Crippen LogP contribution in [0.2, 0.25) is 0 Å². The van der Waals surface area contributed by atoms with Crippen molar-refractivity contribution in [2.75, 3.05) is 23.8 Å². The third kappa shape index (κ3) is 3.38. The zero-order valence-electron chi connectivity index (χ0n) is 11.7. The molecule has 21 heavy (non-hydrogen) atoms. The fourth-order valence-electron chi connectivity index (χ4n) is 2.18. The van der Waals surface area contributed by atoms with Crippen molar-refractivity contribution in [2.24, 2.45) is 0 Å². The van der Waals surface area contributed by atoms with Crippen LogP contribution in [0.5, 0.6) is 0 Å². The number of aliphatic hydroxyl groups excluding tert-OH is 1. The van der Waals surface area contributed by atoms with Gasteiger partial charge >= 0.3 is 0 Å². The molecule has 0 fully saturated rings. The first kappa shape index (κ1) is 15.0. The minimum absolute atomic E-state index is 0.0859. The molecule has 5 heteroatoms. The van der Waals surface area contributed by atoms with Crippen LogP contribution in [0.1, 0.15) is 15.9 Å². The maximum atomic E-state index is 13.5. The summed E-state index contributed by atoms with van der Waals surface area (Å²) in [5.74, 6) is -0.868. The van der Waals surface area contributed by atoms with Crippen LogP contribution >= 0.6 is 0 Å². The van der Waals surface area contributed by atoms with Gasteiger partial charge in [-0.3, -0.25) is 4.79 Å². The first-order valence-corrected chi connectivity index (χ1v) is 6.57. The molecule has 0 saturated heterocycles. The molecule has 0 radical (unpaired) electrons. The van der Waals surface area contributed by atoms with Gasteiger partial charge in [0, 0.05) is 12.1 Å². The lowest BCUT2D eigenvalue weighted by molar-refractivity contribution is 0.0980. The van der Waals surface area contributed by atoms with Gasteiger partial charge in [0.05, 0.1) is 18.0 Å². The van der Waals surface area contributed by atoms with Gasteiger partial charge in [0.2, 0.25) is 0 Å². The Morgan fingerprint density at radius 1 is 1.29 bits per heavy atom. The van der Waals surface area contributed by atoms with Gasteiger partial charge in [0.1, 0.15) is 5.82 Å². The smallest absolute Gasteiger partial charge is 0.258 e. The van der Waals surface area contributed by atoms with Crippen molar-refractivity contribution < 1.29 is 14.3 Å². The Hall–Kier alpha value is -2.40. The number of carbonyl (C=O) groups is 1. The van der Waals surface area contributed by atoms with Crippen LogP contribution in [-0.2, 0) is 0 Å². The normalized spacial score (nSPS) is 10.4. The van der Waals surface area contributed by atoms with Crippen LogP contribution < -0.4 is 10.6 Å². The molecule has 2 rings (SSSR count). The third-order valence-electron chi connectivity index (χ3n) is 3.09. The molecular weight excluding hydrogens is 271 g/mol. The Bertz CT molecular complexity index is 638. The number of aryl methyl sites for hydroxylation is 1. The van der Waals surface area contributed by atoms with Gasteiger partial charge in [-0.25, -0.2) is 4.39 Å². The number of carbonyl (C=O) groups excluding carboxylic acids is 1. The first-order chi connectivity index (χ1) is 10.0. The topological polar surface area (TPSA) is 66.6 Å². The van der Waals surface area contributed by atoms with E-state index in [0.29, 0.717) is 16.9 Å². The van der Waals surface area contributed by atoms with Crippen molar-refractivity contribution in [3.05, 3.63) is 59.4 Å². The number of rotatable bonds is 4. The Morgan fingerprint density at radius 3 is 2.62 bits per heavy atom. The monoisotopic (exact) mass is 288 g/mol. The van der Waals surface area contributed by atoms with E-state index in [2.05, 4.69) is 0 Å². The predicted molar refractivity (Wildman–Crippen MR) is 80.8 cm³/mol. The summed E-state index contributed by atoms with van der Waals surface area (Å²) in [5, 5.41) is 9.19. The van der Waals surface area contributed by atoms with Gasteiger partial charge in [-0.05, 0) is 42.8 Å². The number of aliphatic hydroxyl groups is 1. The summed E-state index contributed by atoms with van der Waals surface area (Å²) in [7, 11) is 0. The number of halogens is 1. The van der Waals surface area contributed by atoms with Crippen LogP contribution in [0.25, 0.3) is 0 Å². The molecular formula is C16H17FN2O2. The van der Waals surface area contributed by atoms with Crippen molar-refractivity contribution in [1.82, 2.24) is 0 Å². The minimum Gasteiger partial charge on any atom is -0.397 e. The highest BCUT2D eigenvalue weighted by Crippen LogP contribution is 2.24. The van der Waals surface area contributed by atoms with Crippen molar-refractivity contribution in [3.63, 3.8) is 0 Å². The van der Waals surface area contributed by atoms with Gasteiger partial charge < -0.3 is 15.7 Å². The predicted octanol–water partition coefficient (Wildman–Crippen LogP) is 2.36. The van der Waals surface area contributed by atoms with E-state index in [1.165, 1.54) is 17.0 Å². The van der Waals surface area contributed by atoms with Crippen LogP contribution in [-0.4, -0.2) is 24.2 Å². The second kappa shape index (κ2) is 6.37. The summed E-state index contributed by atoms with van der Waals surface area (Å²) in [6.07, 6.45) is 0. The van der Waals surface area contributed by atoms with E-state index in [9.17, 15) is 14.3 Å². The Labute approximate surface area is 122 Å². The molecule has 0 saturated carbocycles. The molecule has 0 aliphatic heterocycles. The largest absolute Gasteiger partial charge is 0.397 e. The summed E-state index contributed by atoms with van der Waals surface area (Å²) < 4.78 is 13.5. The molecule has 0 aliphatic carbocycles. The highest BCUT2D eigenvalue weighted by Gasteiger charge is 2.19. The second-order valence-electron chi connectivity index (χ2n) is 4.76. The zero-order valence-corrected chi connectivity index (χ0v) is 11.7. The lowest BCUT2D eigenvalue weighted by Gasteiger charge is -2.23. The summed E-state index contributed by atoms with van der Waals surface area (Å²) >= 11 is 0. The summed E-state index contributed by atoms with van der Waals surface area (Å²) in [5.41, 5.74) is 7.68. The molecule has 110 valence electrons. The maximum Gasteiger partial charge on any atom is 0.258 e. The number of anilines is 2. The van der Waals surface area contributed by atoms with Crippen molar-refractivity contribution >= 4 is 17.3 Å². The molecule has 0 aliphatic rings. The standard InChI is InChI=1S/C16H17FN2O2/c1-11-8-12(10-13(17)9-11)16(21)19(6-7-20)15-5-3-2-4-14(15)18/h2-5,8-10,20H,6-7,18H2,1H3. The van der Waals surface area contributed by atoms with Crippen LogP contribution in [0.4, 0.5) is 15.8 Å². The van der Waals surface area contributed by atoms with Gasteiger partial charge in [0.15, 0.2) is 0 Å². The number of nitrogen functional groups attached to an aromatic ring is 1. The number of para-hydroxylation sites is 2. The molecule has 4 nitrogen and oxygen atoms in total. The van der Waals surface area contributed by atoms with Crippen LogP contribution in [0.3, 0.4) is 0 Å². The number of amides is 1. The number of hydrogen-bond donors (Lipinski definition) is 2. The fraction of sp³-hybridized carbons (Fsp3) is 0.188. The van der Waals surface area contributed by atoms with E-state index < -0.39 is 11.7 Å². The molecule has 2 aromatic carbocycles. The molecule has 0 bridgehead atoms. The van der Waals surface area contributed by atoms with Gasteiger partial charge in [-0.1, -0.05) is 12.1 Å². The summed E-state index contributed by atoms with van der Waals surface area (Å²) in [6.45, 7) is 1.59. The van der Waals surface area contributed by atoms with E-state index in [-0.39, 0.29) is 18.7 Å². The number of benzene rings is 2. The number of hydrogen-bond acceptors (Lipinski definition) is 3. The first-order valence-electron chi connectivity index (χ1n) is 6.57. The number of nitrogens with two attached hydrogens (primary N) is 1. The fourth-order valence-corrected chi connectivity index (χ4v) is 2.18. The molecule has 1 amide bonds. The Morgan fingerprint density at radius 2 is 2.00 bits per heavy atom. The number of nitrogens with zero attached hydrogens (tertiary/aromatic N) is 1. The second-order valence-corrected chi connectivity index (χ2v) is 4.76.